The van der Waals surface area contributed by atoms with Crippen molar-refractivity contribution >= 4 is 28.2 Å². The minimum Gasteiger partial charge on any atom is -0.382 e. The number of hydrogen-bond donors (Lipinski definition) is 2. The van der Waals surface area contributed by atoms with Gasteiger partial charge in [0.15, 0.2) is 0 Å². The van der Waals surface area contributed by atoms with Crippen LogP contribution in [0.2, 0.25) is 5.02 Å². The van der Waals surface area contributed by atoms with Gasteiger partial charge in [-0.15, -0.1) is 0 Å². The number of hydrogen-bond acceptors (Lipinski definition) is 6. The number of pyridine rings is 1. The van der Waals surface area contributed by atoms with Crippen molar-refractivity contribution in [3.8, 4) is 0 Å². The highest BCUT2D eigenvalue weighted by Gasteiger charge is 2.46. The first-order valence-electron chi connectivity index (χ1n) is 10.9. The van der Waals surface area contributed by atoms with E-state index in [0.717, 1.165) is 68.2 Å². The van der Waals surface area contributed by atoms with Gasteiger partial charge in [-0.2, -0.15) is 0 Å². The van der Waals surface area contributed by atoms with Gasteiger partial charge >= 0.3 is 0 Å². The summed E-state index contributed by atoms with van der Waals surface area (Å²) in [6.07, 6.45) is 11.9. The van der Waals surface area contributed by atoms with Crippen molar-refractivity contribution in [2.75, 3.05) is 18.4 Å². The Hall–Kier alpha value is -1.70. The normalized spacial score (nSPS) is 31.0. The lowest BCUT2D eigenvalue weighted by Crippen LogP contribution is -2.53. The van der Waals surface area contributed by atoms with E-state index in [-0.39, 0.29) is 12.2 Å². The molecule has 2 atom stereocenters. The van der Waals surface area contributed by atoms with Crippen molar-refractivity contribution in [1.29, 1.82) is 0 Å². The first-order chi connectivity index (χ1) is 14.7. The predicted molar refractivity (Wildman–Crippen MR) is 117 cm³/mol. The number of anilines is 1. The molecule has 1 aromatic carbocycles. The zero-order chi connectivity index (χ0) is 20.4. The Kier molecular flexibility index (Phi) is 5.94. The molecule has 30 heavy (non-hydrogen) atoms. The van der Waals surface area contributed by atoms with Crippen molar-refractivity contribution in [2.45, 2.75) is 62.6 Å². The molecule has 2 fully saturated rings. The lowest BCUT2D eigenvalue weighted by Gasteiger charge is -2.46. The second kappa shape index (κ2) is 8.81. The fraction of sp³-hybridized carbons (Fsp3) is 0.522. The van der Waals surface area contributed by atoms with E-state index < -0.39 is 5.79 Å². The fourth-order valence-electron chi connectivity index (χ4n) is 4.64. The Morgan fingerprint density at radius 3 is 2.97 bits per heavy atom. The van der Waals surface area contributed by atoms with Gasteiger partial charge in [0.05, 0.1) is 11.2 Å². The van der Waals surface area contributed by atoms with Gasteiger partial charge in [-0.3, -0.25) is 4.98 Å². The molecule has 160 valence electrons. The quantitative estimate of drug-likeness (QED) is 0.411. The maximum absolute atomic E-state index is 6.31. The number of aromatic nitrogens is 1. The maximum Gasteiger partial charge on any atom is 0.202 e. The Bertz CT molecular complexity index is 914. The third-order valence-electron chi connectivity index (χ3n) is 6.28. The first kappa shape index (κ1) is 20.2. The zero-order valence-corrected chi connectivity index (χ0v) is 17.7. The van der Waals surface area contributed by atoms with Crippen LogP contribution in [0.1, 0.15) is 38.5 Å². The maximum atomic E-state index is 6.31. The van der Waals surface area contributed by atoms with Crippen LogP contribution in [-0.2, 0) is 14.5 Å². The number of nitrogens with zero attached hydrogens (tertiary/aromatic N) is 1. The van der Waals surface area contributed by atoms with Gasteiger partial charge in [-0.05, 0) is 43.9 Å². The molecular weight excluding hydrogens is 402 g/mol. The van der Waals surface area contributed by atoms with Gasteiger partial charge < -0.3 is 15.4 Å². The minimum absolute atomic E-state index is 0.0299. The van der Waals surface area contributed by atoms with Crippen molar-refractivity contribution in [1.82, 2.24) is 10.3 Å². The molecule has 2 heterocycles. The number of benzene rings is 1. The molecule has 0 amide bonds. The molecule has 2 aliphatic carbocycles. The van der Waals surface area contributed by atoms with E-state index >= 15 is 0 Å². The van der Waals surface area contributed by atoms with E-state index in [2.05, 4.69) is 27.8 Å². The van der Waals surface area contributed by atoms with Crippen molar-refractivity contribution in [2.24, 2.45) is 0 Å². The molecule has 0 radical (unpaired) electrons. The van der Waals surface area contributed by atoms with E-state index in [1.54, 1.807) is 0 Å². The summed E-state index contributed by atoms with van der Waals surface area (Å²) in [4.78, 5) is 15.9. The monoisotopic (exact) mass is 429 g/mol. The molecule has 7 heteroatoms. The van der Waals surface area contributed by atoms with Gasteiger partial charge in [0.2, 0.25) is 5.79 Å². The van der Waals surface area contributed by atoms with Crippen LogP contribution in [0.15, 0.2) is 42.6 Å². The van der Waals surface area contributed by atoms with E-state index in [4.69, 9.17) is 26.1 Å². The molecular formula is C23H28ClN3O3. The highest BCUT2D eigenvalue weighted by Crippen LogP contribution is 2.40. The van der Waals surface area contributed by atoms with E-state index in [1.165, 1.54) is 0 Å². The Balaban J connectivity index is 1.09. The smallest absolute Gasteiger partial charge is 0.202 e. The number of allylic oxidation sites excluding steroid dienone is 1. The van der Waals surface area contributed by atoms with E-state index in [1.807, 2.05) is 30.5 Å². The average molecular weight is 430 g/mol. The SMILES string of the molecule is Clc1cc(NCCNC2CCC3(CC2)OOC2CCC=CC2O3)c2ncccc2c1. The lowest BCUT2D eigenvalue weighted by molar-refractivity contribution is -0.503. The van der Waals surface area contributed by atoms with Crippen molar-refractivity contribution < 1.29 is 14.5 Å². The lowest BCUT2D eigenvalue weighted by atomic mass is 9.89. The summed E-state index contributed by atoms with van der Waals surface area (Å²) in [6, 6.07) is 8.29. The van der Waals surface area contributed by atoms with E-state index in [0.29, 0.717) is 11.1 Å². The number of halogens is 1. The zero-order valence-electron chi connectivity index (χ0n) is 17.0. The van der Waals surface area contributed by atoms with Crippen molar-refractivity contribution in [3.63, 3.8) is 0 Å². The summed E-state index contributed by atoms with van der Waals surface area (Å²) in [6.45, 7) is 1.67. The number of rotatable bonds is 5. The molecule has 1 aromatic heterocycles. The van der Waals surface area contributed by atoms with Crippen LogP contribution in [0.4, 0.5) is 5.69 Å². The third-order valence-corrected chi connectivity index (χ3v) is 6.49. The van der Waals surface area contributed by atoms with Crippen LogP contribution in [-0.4, -0.2) is 42.1 Å². The molecule has 6 nitrogen and oxygen atoms in total. The summed E-state index contributed by atoms with van der Waals surface area (Å²) < 4.78 is 6.31. The summed E-state index contributed by atoms with van der Waals surface area (Å²) in [5.41, 5.74) is 1.92. The highest BCUT2D eigenvalue weighted by molar-refractivity contribution is 6.31. The van der Waals surface area contributed by atoms with Crippen molar-refractivity contribution in [3.05, 3.63) is 47.6 Å². The second-order valence-corrected chi connectivity index (χ2v) is 8.84. The number of nitrogens with one attached hydrogen (secondary N) is 2. The third kappa shape index (κ3) is 4.34. The van der Waals surface area contributed by atoms with Crippen LogP contribution in [0.25, 0.3) is 10.9 Å². The average Bonchev–Trinajstić information content (AvgIpc) is 2.78. The fourth-order valence-corrected chi connectivity index (χ4v) is 4.87. The molecule has 2 unspecified atom stereocenters. The molecule has 3 aliphatic rings. The minimum atomic E-state index is -0.579. The highest BCUT2D eigenvalue weighted by atomic mass is 35.5. The first-order valence-corrected chi connectivity index (χ1v) is 11.3. The summed E-state index contributed by atoms with van der Waals surface area (Å²) in [5.74, 6) is -0.579. The second-order valence-electron chi connectivity index (χ2n) is 8.40. The molecule has 1 spiro atoms. The number of fused-ring (bicyclic) bond motifs is 2. The molecule has 5 rings (SSSR count). The number of ether oxygens (including phenoxy) is 1. The van der Waals surface area contributed by atoms with Crippen LogP contribution < -0.4 is 10.6 Å². The van der Waals surface area contributed by atoms with Gasteiger partial charge in [0, 0.05) is 48.6 Å². The summed E-state index contributed by atoms with van der Waals surface area (Å²) in [5, 5.41) is 8.88. The van der Waals surface area contributed by atoms with Crippen LogP contribution in [0.5, 0.6) is 0 Å². The van der Waals surface area contributed by atoms with Gasteiger partial charge in [0.1, 0.15) is 12.2 Å². The standard InChI is InChI=1S/C23H28ClN3O3/c24-17-14-16-4-3-11-27-22(16)19(15-17)26-13-12-25-18-7-9-23(10-8-18)28-20-5-1-2-6-21(20)29-30-23/h1,3-5,11,14-15,18,20-21,25-26H,2,6-10,12-13H2. The molecule has 1 aliphatic heterocycles. The Morgan fingerprint density at radius 1 is 1.17 bits per heavy atom. The van der Waals surface area contributed by atoms with Gasteiger partial charge in [-0.1, -0.05) is 29.8 Å². The Morgan fingerprint density at radius 2 is 2.07 bits per heavy atom. The summed E-state index contributed by atoms with van der Waals surface area (Å²) >= 11 is 6.25. The van der Waals surface area contributed by atoms with Gasteiger partial charge in [-0.25, -0.2) is 9.78 Å². The van der Waals surface area contributed by atoms with E-state index in [9.17, 15) is 0 Å². The Labute approximate surface area is 181 Å². The predicted octanol–water partition coefficient (Wildman–Crippen LogP) is 4.59. The molecule has 2 aromatic rings. The van der Waals surface area contributed by atoms with Crippen LogP contribution >= 0.6 is 11.6 Å². The van der Waals surface area contributed by atoms with Crippen LogP contribution in [0.3, 0.4) is 0 Å². The van der Waals surface area contributed by atoms with Gasteiger partial charge in [0.25, 0.3) is 0 Å². The topological polar surface area (TPSA) is 64.6 Å². The molecule has 0 bridgehead atoms. The molecule has 2 N–H and O–H groups in total. The summed E-state index contributed by atoms with van der Waals surface area (Å²) in [7, 11) is 0. The molecule has 1 saturated heterocycles. The van der Waals surface area contributed by atoms with Crippen LogP contribution in [0, 0.1) is 0 Å². The largest absolute Gasteiger partial charge is 0.382 e. The molecule has 1 saturated carbocycles.